The highest BCUT2D eigenvalue weighted by atomic mass is 16.2. The molecule has 4 nitrogen and oxygen atoms in total. The number of aryl methyl sites for hydroxylation is 2. The molecule has 2 aromatic rings. The fraction of sp³-hybridized carbons (Fsp3) is 0.222. The fourth-order valence-electron chi connectivity index (χ4n) is 2.14. The Morgan fingerprint density at radius 2 is 1.55 bits per heavy atom. The molecule has 4 heteroatoms. The van der Waals surface area contributed by atoms with E-state index in [4.69, 9.17) is 0 Å². The lowest BCUT2D eigenvalue weighted by atomic mass is 10.0. The topological polar surface area (TPSA) is 58.2 Å². The lowest BCUT2D eigenvalue weighted by Gasteiger charge is -2.10. The van der Waals surface area contributed by atoms with E-state index >= 15 is 0 Å². The van der Waals surface area contributed by atoms with E-state index in [9.17, 15) is 9.59 Å². The molecule has 0 spiro atoms. The SMILES string of the molecule is CCc1ccc(C(=O)NNC(=O)c2cccc(C)c2C)cc1. The van der Waals surface area contributed by atoms with Crippen LogP contribution in [-0.2, 0) is 6.42 Å². The van der Waals surface area contributed by atoms with Crippen molar-refractivity contribution in [2.75, 3.05) is 0 Å². The van der Waals surface area contributed by atoms with Crippen LogP contribution in [0.5, 0.6) is 0 Å². The van der Waals surface area contributed by atoms with Crippen LogP contribution in [0.3, 0.4) is 0 Å². The first-order valence-electron chi connectivity index (χ1n) is 7.28. The summed E-state index contributed by atoms with van der Waals surface area (Å²) in [6.07, 6.45) is 0.922. The monoisotopic (exact) mass is 296 g/mol. The second kappa shape index (κ2) is 6.89. The molecule has 0 aliphatic carbocycles. The van der Waals surface area contributed by atoms with Crippen molar-refractivity contribution in [3.05, 3.63) is 70.3 Å². The number of rotatable bonds is 3. The van der Waals surface area contributed by atoms with Crippen molar-refractivity contribution >= 4 is 11.8 Å². The summed E-state index contributed by atoms with van der Waals surface area (Å²) in [5.74, 6) is -0.652. The first-order valence-corrected chi connectivity index (χ1v) is 7.28. The summed E-state index contributed by atoms with van der Waals surface area (Å²) in [4.78, 5) is 24.1. The maximum atomic E-state index is 12.1. The van der Waals surface area contributed by atoms with Crippen molar-refractivity contribution in [2.24, 2.45) is 0 Å². The van der Waals surface area contributed by atoms with E-state index in [-0.39, 0.29) is 11.8 Å². The average Bonchev–Trinajstić information content (AvgIpc) is 2.55. The normalized spacial score (nSPS) is 10.1. The molecule has 0 atom stereocenters. The fourth-order valence-corrected chi connectivity index (χ4v) is 2.14. The van der Waals surface area contributed by atoms with Crippen molar-refractivity contribution in [2.45, 2.75) is 27.2 Å². The quantitative estimate of drug-likeness (QED) is 0.856. The van der Waals surface area contributed by atoms with Crippen molar-refractivity contribution in [1.29, 1.82) is 0 Å². The predicted molar refractivity (Wildman–Crippen MR) is 86.7 cm³/mol. The van der Waals surface area contributed by atoms with Crippen LogP contribution in [-0.4, -0.2) is 11.8 Å². The molecular formula is C18H20N2O2. The van der Waals surface area contributed by atoms with Crippen LogP contribution >= 0.6 is 0 Å². The summed E-state index contributed by atoms with van der Waals surface area (Å²) in [5.41, 5.74) is 9.07. The van der Waals surface area contributed by atoms with Crippen LogP contribution < -0.4 is 10.9 Å². The van der Waals surface area contributed by atoms with Crippen LogP contribution in [0.15, 0.2) is 42.5 Å². The Balaban J connectivity index is 2.01. The predicted octanol–water partition coefficient (Wildman–Crippen LogP) is 2.94. The molecule has 2 rings (SSSR count). The van der Waals surface area contributed by atoms with Crippen LogP contribution in [0, 0.1) is 13.8 Å². The summed E-state index contributed by atoms with van der Waals surface area (Å²) in [7, 11) is 0. The number of carbonyl (C=O) groups is 2. The summed E-state index contributed by atoms with van der Waals surface area (Å²) in [6.45, 7) is 5.88. The molecule has 0 unspecified atom stereocenters. The van der Waals surface area contributed by atoms with E-state index in [1.165, 1.54) is 0 Å². The second-order valence-electron chi connectivity index (χ2n) is 5.21. The molecule has 2 amide bonds. The Morgan fingerprint density at radius 3 is 2.18 bits per heavy atom. The smallest absolute Gasteiger partial charge is 0.267 e. The molecule has 0 aliphatic heterocycles. The number of carbonyl (C=O) groups excluding carboxylic acids is 2. The zero-order chi connectivity index (χ0) is 16.1. The van der Waals surface area contributed by atoms with Gasteiger partial charge >= 0.3 is 0 Å². The van der Waals surface area contributed by atoms with Gasteiger partial charge < -0.3 is 0 Å². The number of benzene rings is 2. The van der Waals surface area contributed by atoms with E-state index in [1.807, 2.05) is 38.1 Å². The van der Waals surface area contributed by atoms with Gasteiger partial charge in [-0.3, -0.25) is 20.4 Å². The van der Waals surface area contributed by atoms with E-state index < -0.39 is 0 Å². The van der Waals surface area contributed by atoms with Crippen molar-refractivity contribution in [3.63, 3.8) is 0 Å². The third-order valence-electron chi connectivity index (χ3n) is 3.76. The summed E-state index contributed by atoms with van der Waals surface area (Å²) in [6, 6.07) is 12.8. The zero-order valence-electron chi connectivity index (χ0n) is 13.1. The maximum absolute atomic E-state index is 12.1. The Kier molecular flexibility index (Phi) is 4.94. The number of hydrogen-bond acceptors (Lipinski definition) is 2. The molecular weight excluding hydrogens is 276 g/mol. The minimum absolute atomic E-state index is 0.320. The first kappa shape index (κ1) is 15.8. The summed E-state index contributed by atoms with van der Waals surface area (Å²) in [5, 5.41) is 0. The van der Waals surface area contributed by atoms with E-state index in [0.717, 1.165) is 23.1 Å². The zero-order valence-corrected chi connectivity index (χ0v) is 13.1. The second-order valence-corrected chi connectivity index (χ2v) is 5.21. The number of hydrogen-bond donors (Lipinski definition) is 2. The van der Waals surface area contributed by atoms with Crippen molar-refractivity contribution < 1.29 is 9.59 Å². The molecule has 0 saturated carbocycles. The molecule has 0 heterocycles. The van der Waals surface area contributed by atoms with Gasteiger partial charge in [0.05, 0.1) is 0 Å². The summed E-state index contributed by atoms with van der Waals surface area (Å²) >= 11 is 0. The highest BCUT2D eigenvalue weighted by Crippen LogP contribution is 2.12. The van der Waals surface area contributed by atoms with Gasteiger partial charge in [0.25, 0.3) is 11.8 Å². The molecule has 0 aliphatic rings. The Bertz CT molecular complexity index is 691. The van der Waals surface area contributed by atoms with Gasteiger partial charge in [0, 0.05) is 11.1 Å². The Hall–Kier alpha value is -2.62. The molecule has 2 N–H and O–H groups in total. The van der Waals surface area contributed by atoms with Gasteiger partial charge in [-0.05, 0) is 55.2 Å². The van der Waals surface area contributed by atoms with Gasteiger partial charge in [0.15, 0.2) is 0 Å². The standard InChI is InChI=1S/C18H20N2O2/c1-4-14-8-10-15(11-9-14)17(21)19-20-18(22)16-7-5-6-12(2)13(16)3/h5-11H,4H2,1-3H3,(H,19,21)(H,20,22). The number of nitrogens with one attached hydrogen (secondary N) is 2. The van der Waals surface area contributed by atoms with Gasteiger partial charge in [-0.25, -0.2) is 0 Å². The summed E-state index contributed by atoms with van der Waals surface area (Å²) < 4.78 is 0. The Labute approximate surface area is 130 Å². The maximum Gasteiger partial charge on any atom is 0.269 e. The lowest BCUT2D eigenvalue weighted by Crippen LogP contribution is -2.41. The number of amides is 2. The van der Waals surface area contributed by atoms with Crippen LogP contribution in [0.1, 0.15) is 44.3 Å². The lowest BCUT2D eigenvalue weighted by molar-refractivity contribution is 0.0846. The third-order valence-corrected chi connectivity index (χ3v) is 3.76. The molecule has 2 aromatic carbocycles. The highest BCUT2D eigenvalue weighted by Gasteiger charge is 2.11. The highest BCUT2D eigenvalue weighted by molar-refractivity contribution is 5.99. The molecule has 0 bridgehead atoms. The van der Waals surface area contributed by atoms with Gasteiger partial charge in [0.2, 0.25) is 0 Å². The molecule has 0 radical (unpaired) electrons. The van der Waals surface area contributed by atoms with E-state index in [2.05, 4.69) is 17.8 Å². The molecule has 0 fully saturated rings. The minimum atomic E-state index is -0.332. The number of hydrazine groups is 1. The molecule has 0 saturated heterocycles. The average molecular weight is 296 g/mol. The first-order chi connectivity index (χ1) is 10.5. The van der Waals surface area contributed by atoms with Crippen LogP contribution in [0.4, 0.5) is 0 Å². The van der Waals surface area contributed by atoms with Crippen LogP contribution in [0.2, 0.25) is 0 Å². The molecule has 0 aromatic heterocycles. The van der Waals surface area contributed by atoms with Crippen molar-refractivity contribution in [1.82, 2.24) is 10.9 Å². The molecule has 22 heavy (non-hydrogen) atoms. The van der Waals surface area contributed by atoms with Gasteiger partial charge in [-0.1, -0.05) is 31.2 Å². The van der Waals surface area contributed by atoms with Crippen LogP contribution in [0.25, 0.3) is 0 Å². The van der Waals surface area contributed by atoms with Gasteiger partial charge in [0.1, 0.15) is 0 Å². The molecule has 114 valence electrons. The Morgan fingerprint density at radius 1 is 0.909 bits per heavy atom. The van der Waals surface area contributed by atoms with Gasteiger partial charge in [-0.15, -0.1) is 0 Å². The largest absolute Gasteiger partial charge is 0.269 e. The van der Waals surface area contributed by atoms with Gasteiger partial charge in [-0.2, -0.15) is 0 Å². The minimum Gasteiger partial charge on any atom is -0.267 e. The van der Waals surface area contributed by atoms with E-state index in [1.54, 1.807) is 18.2 Å². The van der Waals surface area contributed by atoms with Crippen molar-refractivity contribution in [3.8, 4) is 0 Å². The third kappa shape index (κ3) is 3.52. The van der Waals surface area contributed by atoms with E-state index in [0.29, 0.717) is 11.1 Å².